The maximum Gasteiger partial charge on any atom is 0.417 e. The molecule has 0 saturated carbocycles. The van der Waals surface area contributed by atoms with Crippen LogP contribution in [0.3, 0.4) is 0 Å². The average molecular weight is 470 g/mol. The number of fused-ring (bicyclic) bond motifs is 1. The second kappa shape index (κ2) is 10.2. The molecule has 0 amide bonds. The predicted molar refractivity (Wildman–Crippen MR) is 125 cm³/mol. The van der Waals surface area contributed by atoms with Gasteiger partial charge in [-0.2, -0.15) is 13.2 Å². The second-order valence-corrected chi connectivity index (χ2v) is 7.97. The molecule has 0 radical (unpaired) electrons. The minimum atomic E-state index is -4.49. The first-order chi connectivity index (χ1) is 16.4. The zero-order valence-electron chi connectivity index (χ0n) is 19.0. The van der Waals surface area contributed by atoms with Crippen LogP contribution in [0, 0.1) is 0 Å². The lowest BCUT2D eigenvalue weighted by atomic mass is 9.92. The molecule has 0 bridgehead atoms. The maximum absolute atomic E-state index is 13.6. The Morgan fingerprint density at radius 1 is 0.971 bits per heavy atom. The number of nitrogens with one attached hydrogen (secondary N) is 1. The van der Waals surface area contributed by atoms with Crippen LogP contribution in [0.4, 0.5) is 13.2 Å². The lowest BCUT2D eigenvalue weighted by Crippen LogP contribution is -2.28. The average Bonchev–Trinajstić information content (AvgIpc) is 2.85. The second-order valence-electron chi connectivity index (χ2n) is 7.97. The van der Waals surface area contributed by atoms with Gasteiger partial charge in [0.2, 0.25) is 0 Å². The van der Waals surface area contributed by atoms with Gasteiger partial charge in [0.25, 0.3) is 0 Å². The minimum Gasteiger partial charge on any atom is -0.497 e. The highest BCUT2D eigenvalue weighted by atomic mass is 19.4. The normalized spacial score (nSPS) is 15.7. The molecule has 0 spiro atoms. The fourth-order valence-corrected chi connectivity index (χ4v) is 4.03. The Balaban J connectivity index is 1.60. The van der Waals surface area contributed by atoms with Gasteiger partial charge in [-0.05, 0) is 52.9 Å². The van der Waals surface area contributed by atoms with Crippen molar-refractivity contribution in [3.8, 4) is 17.2 Å². The van der Waals surface area contributed by atoms with Crippen molar-refractivity contribution >= 4 is 6.08 Å². The van der Waals surface area contributed by atoms with Crippen LogP contribution in [0.2, 0.25) is 0 Å². The molecule has 3 aromatic rings. The molecular formula is C27H26F3NO3. The summed E-state index contributed by atoms with van der Waals surface area (Å²) in [5.74, 6) is 1.39. The molecule has 1 aliphatic rings. The topological polar surface area (TPSA) is 39.7 Å². The first-order valence-electron chi connectivity index (χ1n) is 10.9. The number of ether oxygens (including phenoxy) is 3. The van der Waals surface area contributed by atoms with Gasteiger partial charge in [-0.25, -0.2) is 0 Å². The molecule has 0 aromatic heterocycles. The molecule has 1 unspecified atom stereocenters. The van der Waals surface area contributed by atoms with Gasteiger partial charge in [0.15, 0.2) is 11.5 Å². The number of benzene rings is 3. The number of alkyl halides is 3. The van der Waals surface area contributed by atoms with Crippen molar-refractivity contribution in [1.29, 1.82) is 0 Å². The Kier molecular flexibility index (Phi) is 7.12. The summed E-state index contributed by atoms with van der Waals surface area (Å²) >= 11 is 0. The van der Waals surface area contributed by atoms with Crippen molar-refractivity contribution in [2.24, 2.45) is 0 Å². The molecule has 0 saturated heterocycles. The SMILES string of the molecule is COc1ccc(C=CC2NCCc3cc(OCc4ccccc4)c(OC)cc32)c(C(F)(F)F)c1. The molecule has 1 heterocycles. The number of rotatable bonds is 7. The van der Waals surface area contributed by atoms with Gasteiger partial charge < -0.3 is 19.5 Å². The van der Waals surface area contributed by atoms with Gasteiger partial charge in [0, 0.05) is 6.54 Å². The summed E-state index contributed by atoms with van der Waals surface area (Å²) in [4.78, 5) is 0. The Morgan fingerprint density at radius 2 is 1.76 bits per heavy atom. The van der Waals surface area contributed by atoms with E-state index >= 15 is 0 Å². The van der Waals surface area contributed by atoms with E-state index in [-0.39, 0.29) is 17.4 Å². The number of methoxy groups -OCH3 is 2. The van der Waals surface area contributed by atoms with Crippen LogP contribution in [-0.4, -0.2) is 20.8 Å². The van der Waals surface area contributed by atoms with E-state index < -0.39 is 11.7 Å². The molecular weight excluding hydrogens is 443 g/mol. The van der Waals surface area contributed by atoms with Crippen LogP contribution in [-0.2, 0) is 19.2 Å². The Hall–Kier alpha value is -3.45. The summed E-state index contributed by atoms with van der Waals surface area (Å²) < 4.78 is 57.3. The highest BCUT2D eigenvalue weighted by molar-refractivity contribution is 5.59. The summed E-state index contributed by atoms with van der Waals surface area (Å²) in [5, 5.41) is 3.37. The molecule has 7 heteroatoms. The predicted octanol–water partition coefficient (Wildman–Crippen LogP) is 6.20. The lowest BCUT2D eigenvalue weighted by molar-refractivity contribution is -0.137. The molecule has 1 aliphatic heterocycles. The molecule has 1 atom stereocenters. The Labute approximate surface area is 197 Å². The van der Waals surface area contributed by atoms with Crippen LogP contribution in [0.15, 0.2) is 66.7 Å². The Morgan fingerprint density at radius 3 is 2.47 bits per heavy atom. The summed E-state index contributed by atoms with van der Waals surface area (Å²) in [6.07, 6.45) is -0.456. The largest absolute Gasteiger partial charge is 0.497 e. The van der Waals surface area contributed by atoms with Gasteiger partial charge in [0.05, 0.1) is 25.8 Å². The van der Waals surface area contributed by atoms with Gasteiger partial charge in [-0.1, -0.05) is 48.6 Å². The molecule has 34 heavy (non-hydrogen) atoms. The number of halogens is 3. The third-order valence-corrected chi connectivity index (χ3v) is 5.79. The molecule has 3 aromatic carbocycles. The quantitative estimate of drug-likeness (QED) is 0.447. The van der Waals surface area contributed by atoms with Crippen molar-refractivity contribution in [3.05, 3.63) is 94.6 Å². The van der Waals surface area contributed by atoms with Crippen molar-refractivity contribution in [1.82, 2.24) is 5.32 Å². The fraction of sp³-hybridized carbons (Fsp3) is 0.259. The van der Waals surface area contributed by atoms with E-state index in [1.807, 2.05) is 42.5 Å². The van der Waals surface area contributed by atoms with Crippen molar-refractivity contribution in [2.45, 2.75) is 25.2 Å². The molecule has 0 aliphatic carbocycles. The van der Waals surface area contributed by atoms with Crippen LogP contribution >= 0.6 is 0 Å². The van der Waals surface area contributed by atoms with Crippen LogP contribution in [0.25, 0.3) is 6.08 Å². The van der Waals surface area contributed by atoms with Gasteiger partial charge in [-0.3, -0.25) is 0 Å². The van der Waals surface area contributed by atoms with Crippen molar-refractivity contribution in [2.75, 3.05) is 20.8 Å². The highest BCUT2D eigenvalue weighted by Crippen LogP contribution is 2.38. The van der Waals surface area contributed by atoms with E-state index in [1.54, 1.807) is 13.2 Å². The van der Waals surface area contributed by atoms with Crippen LogP contribution in [0.1, 0.15) is 33.9 Å². The van der Waals surface area contributed by atoms with Crippen molar-refractivity contribution < 1.29 is 27.4 Å². The molecule has 1 N–H and O–H groups in total. The van der Waals surface area contributed by atoms with Crippen LogP contribution < -0.4 is 19.5 Å². The lowest BCUT2D eigenvalue weighted by Gasteiger charge is -2.26. The zero-order chi connectivity index (χ0) is 24.1. The smallest absolute Gasteiger partial charge is 0.417 e. The molecule has 178 valence electrons. The van der Waals surface area contributed by atoms with E-state index in [9.17, 15) is 13.2 Å². The summed E-state index contributed by atoms with van der Waals surface area (Å²) in [5.41, 5.74) is 2.42. The van der Waals surface area contributed by atoms with Crippen LogP contribution in [0.5, 0.6) is 17.2 Å². The Bertz CT molecular complexity index is 1160. The fourth-order valence-electron chi connectivity index (χ4n) is 4.03. The van der Waals surface area contributed by atoms with E-state index in [0.29, 0.717) is 24.7 Å². The first-order valence-corrected chi connectivity index (χ1v) is 10.9. The first kappa shape index (κ1) is 23.7. The van der Waals surface area contributed by atoms with E-state index in [0.717, 1.165) is 29.2 Å². The summed E-state index contributed by atoms with van der Waals surface area (Å²) in [7, 11) is 2.92. The third kappa shape index (κ3) is 5.37. The minimum absolute atomic E-state index is 0.0806. The van der Waals surface area contributed by atoms with Crippen molar-refractivity contribution in [3.63, 3.8) is 0 Å². The highest BCUT2D eigenvalue weighted by Gasteiger charge is 2.33. The number of hydrogen-bond donors (Lipinski definition) is 1. The van der Waals surface area contributed by atoms with E-state index in [1.165, 1.54) is 25.3 Å². The zero-order valence-corrected chi connectivity index (χ0v) is 19.0. The maximum atomic E-state index is 13.6. The third-order valence-electron chi connectivity index (χ3n) is 5.79. The molecule has 4 nitrogen and oxygen atoms in total. The van der Waals surface area contributed by atoms with Gasteiger partial charge in [-0.15, -0.1) is 0 Å². The molecule has 0 fully saturated rings. The summed E-state index contributed by atoms with van der Waals surface area (Å²) in [6, 6.07) is 17.4. The number of hydrogen-bond acceptors (Lipinski definition) is 4. The van der Waals surface area contributed by atoms with Gasteiger partial charge in [0.1, 0.15) is 12.4 Å². The summed E-state index contributed by atoms with van der Waals surface area (Å²) in [6.45, 7) is 1.11. The van der Waals surface area contributed by atoms with E-state index in [4.69, 9.17) is 14.2 Å². The monoisotopic (exact) mass is 469 g/mol. The van der Waals surface area contributed by atoms with Gasteiger partial charge >= 0.3 is 6.18 Å². The van der Waals surface area contributed by atoms with E-state index in [2.05, 4.69) is 5.32 Å². The standard InChI is InChI=1S/C27H26F3NO3/c1-32-21-10-8-19(23(15-21)27(28,29)30)9-11-24-22-16-25(33-2)26(14-20(22)12-13-31-24)34-17-18-6-4-3-5-7-18/h3-11,14-16,24,31H,12-13,17H2,1-2H3. The molecule has 4 rings (SSSR count).